The molecule has 2 aromatic carbocycles. The molecule has 1 N–H and O–H groups in total. The maximum atomic E-state index is 13.0. The van der Waals surface area contributed by atoms with Crippen LogP contribution in [0.3, 0.4) is 0 Å². The summed E-state index contributed by atoms with van der Waals surface area (Å²) in [6.07, 6.45) is 1.33. The summed E-state index contributed by atoms with van der Waals surface area (Å²) in [5.74, 6) is -0.543. The van der Waals surface area contributed by atoms with E-state index in [0.717, 1.165) is 0 Å². The number of nitrogens with zero attached hydrogens (tertiary/aromatic N) is 2. The Labute approximate surface area is 192 Å². The van der Waals surface area contributed by atoms with Gasteiger partial charge in [0.05, 0.1) is 10.6 Å². The largest absolute Gasteiger partial charge is 0.457 e. The number of non-ortho nitro benzene ring substituents is 1. The Hall–Kier alpha value is -3.82. The number of nitro benzene ring substituents is 1. The van der Waals surface area contributed by atoms with E-state index in [9.17, 15) is 19.7 Å². The van der Waals surface area contributed by atoms with Crippen molar-refractivity contribution in [1.82, 2.24) is 5.32 Å². The summed E-state index contributed by atoms with van der Waals surface area (Å²) in [6.45, 7) is 1.73. The summed E-state index contributed by atoms with van der Waals surface area (Å²) in [5.41, 5.74) is 1.58. The number of thiocarbonyl (C=S) groups is 1. The molecule has 8 nitrogen and oxygen atoms in total. The van der Waals surface area contributed by atoms with Crippen LogP contribution in [-0.4, -0.2) is 21.9 Å². The van der Waals surface area contributed by atoms with Crippen LogP contribution < -0.4 is 10.2 Å². The number of halogens is 1. The molecule has 1 aliphatic rings. The molecular weight excluding hydrogens is 454 g/mol. The smallest absolute Gasteiger partial charge is 0.270 e. The number of amides is 2. The van der Waals surface area contributed by atoms with Crippen molar-refractivity contribution in [3.05, 3.63) is 86.6 Å². The second-order valence-electron chi connectivity index (χ2n) is 6.89. The van der Waals surface area contributed by atoms with Gasteiger partial charge in [-0.2, -0.15) is 0 Å². The molecule has 0 aliphatic carbocycles. The molecule has 4 rings (SSSR count). The molecule has 0 spiro atoms. The topological polar surface area (TPSA) is 106 Å². The molecule has 2 heterocycles. The van der Waals surface area contributed by atoms with Crippen molar-refractivity contribution < 1.29 is 18.9 Å². The van der Waals surface area contributed by atoms with Gasteiger partial charge in [0, 0.05) is 22.7 Å². The maximum absolute atomic E-state index is 13.0. The first-order valence-electron chi connectivity index (χ1n) is 9.27. The summed E-state index contributed by atoms with van der Waals surface area (Å²) >= 11 is 11.1. The Morgan fingerprint density at radius 3 is 2.50 bits per heavy atom. The minimum atomic E-state index is -0.644. The van der Waals surface area contributed by atoms with Gasteiger partial charge in [0.15, 0.2) is 5.11 Å². The number of nitro groups is 1. The van der Waals surface area contributed by atoms with Gasteiger partial charge < -0.3 is 4.42 Å². The normalized spacial score (nSPS) is 15.2. The van der Waals surface area contributed by atoms with Gasteiger partial charge >= 0.3 is 0 Å². The number of nitrogens with one attached hydrogen (secondary N) is 1. The molecule has 1 fully saturated rings. The summed E-state index contributed by atoms with van der Waals surface area (Å²) < 4.78 is 5.79. The first-order valence-corrected chi connectivity index (χ1v) is 10.1. The Balaban J connectivity index is 1.66. The molecule has 32 heavy (non-hydrogen) atoms. The van der Waals surface area contributed by atoms with Crippen molar-refractivity contribution in [2.24, 2.45) is 0 Å². The van der Waals surface area contributed by atoms with Crippen LogP contribution in [0.5, 0.6) is 0 Å². The molecule has 0 saturated carbocycles. The van der Waals surface area contributed by atoms with Crippen LogP contribution in [0.4, 0.5) is 11.4 Å². The zero-order valence-corrected chi connectivity index (χ0v) is 18.1. The van der Waals surface area contributed by atoms with Gasteiger partial charge in [-0.25, -0.2) is 0 Å². The zero-order chi connectivity index (χ0) is 23.0. The van der Waals surface area contributed by atoms with Crippen LogP contribution >= 0.6 is 23.8 Å². The summed E-state index contributed by atoms with van der Waals surface area (Å²) in [6, 6.07) is 14.1. The predicted molar refractivity (Wildman–Crippen MR) is 123 cm³/mol. The lowest BCUT2D eigenvalue weighted by Crippen LogP contribution is -2.54. The number of hydrogen-bond donors (Lipinski definition) is 1. The quantitative estimate of drug-likeness (QED) is 0.197. The van der Waals surface area contributed by atoms with Crippen molar-refractivity contribution >= 4 is 58.2 Å². The van der Waals surface area contributed by atoms with Crippen molar-refractivity contribution in [3.63, 3.8) is 0 Å². The van der Waals surface area contributed by atoms with Gasteiger partial charge in [0.1, 0.15) is 17.1 Å². The highest BCUT2D eigenvalue weighted by molar-refractivity contribution is 7.80. The average Bonchev–Trinajstić information content (AvgIpc) is 3.20. The third kappa shape index (κ3) is 4.03. The molecule has 1 saturated heterocycles. The SMILES string of the molecule is Cc1cc([N+](=O)[O-])ccc1-c1ccc(/C=C2\C(=O)NC(=S)N(c3ccc(Cl)cc3)C2=O)o1. The molecule has 1 aliphatic heterocycles. The van der Waals surface area contributed by atoms with E-state index in [-0.39, 0.29) is 22.1 Å². The van der Waals surface area contributed by atoms with Gasteiger partial charge in [-0.3, -0.25) is 29.9 Å². The monoisotopic (exact) mass is 467 g/mol. The number of rotatable bonds is 4. The highest BCUT2D eigenvalue weighted by Gasteiger charge is 2.34. The van der Waals surface area contributed by atoms with Crippen molar-refractivity contribution in [2.75, 3.05) is 4.90 Å². The molecule has 0 unspecified atom stereocenters. The van der Waals surface area contributed by atoms with Crippen LogP contribution in [0.1, 0.15) is 11.3 Å². The Kier molecular flexibility index (Phi) is 5.60. The van der Waals surface area contributed by atoms with Crippen LogP contribution in [0, 0.1) is 17.0 Å². The fourth-order valence-electron chi connectivity index (χ4n) is 3.24. The van der Waals surface area contributed by atoms with Crippen LogP contribution in [-0.2, 0) is 9.59 Å². The third-order valence-corrected chi connectivity index (χ3v) is 5.32. The number of furan rings is 1. The number of aryl methyl sites for hydroxylation is 1. The highest BCUT2D eigenvalue weighted by atomic mass is 35.5. The van der Waals surface area contributed by atoms with E-state index in [1.165, 1.54) is 23.1 Å². The van der Waals surface area contributed by atoms with Gasteiger partial charge in [0.25, 0.3) is 17.5 Å². The zero-order valence-electron chi connectivity index (χ0n) is 16.5. The Morgan fingerprint density at radius 2 is 1.84 bits per heavy atom. The van der Waals surface area contributed by atoms with E-state index < -0.39 is 16.7 Å². The lowest BCUT2D eigenvalue weighted by atomic mass is 10.1. The maximum Gasteiger partial charge on any atom is 0.270 e. The standard InChI is InChI=1S/C22H14ClN3O5S/c1-12-10-15(26(29)30)6-8-17(12)19-9-7-16(31-19)11-18-20(27)24-22(32)25(21(18)28)14-4-2-13(23)3-5-14/h2-11H,1H3,(H,24,27,32)/b18-11+. The van der Waals surface area contributed by atoms with E-state index in [1.807, 2.05) is 0 Å². The minimum absolute atomic E-state index is 0.0251. The van der Waals surface area contributed by atoms with Crippen LogP contribution in [0.25, 0.3) is 17.4 Å². The Morgan fingerprint density at radius 1 is 1.12 bits per heavy atom. The minimum Gasteiger partial charge on any atom is -0.457 e. The fraction of sp³-hybridized carbons (Fsp3) is 0.0455. The van der Waals surface area contributed by atoms with Crippen molar-refractivity contribution in [2.45, 2.75) is 6.92 Å². The predicted octanol–water partition coefficient (Wildman–Crippen LogP) is 4.65. The lowest BCUT2D eigenvalue weighted by molar-refractivity contribution is -0.384. The molecule has 0 atom stereocenters. The number of anilines is 1. The van der Waals surface area contributed by atoms with E-state index in [4.69, 9.17) is 28.2 Å². The highest BCUT2D eigenvalue weighted by Crippen LogP contribution is 2.30. The number of hydrogen-bond acceptors (Lipinski definition) is 6. The van der Waals surface area contributed by atoms with Crippen molar-refractivity contribution in [1.29, 1.82) is 0 Å². The van der Waals surface area contributed by atoms with Gasteiger partial charge in [-0.05, 0) is 73.2 Å². The van der Waals surface area contributed by atoms with Gasteiger partial charge in [-0.15, -0.1) is 0 Å². The lowest BCUT2D eigenvalue weighted by Gasteiger charge is -2.28. The summed E-state index contributed by atoms with van der Waals surface area (Å²) in [7, 11) is 0. The second-order valence-corrected chi connectivity index (χ2v) is 7.72. The molecule has 3 aromatic rings. The van der Waals surface area contributed by atoms with E-state index >= 15 is 0 Å². The first kappa shape index (κ1) is 21.4. The molecule has 2 amide bonds. The molecule has 0 radical (unpaired) electrons. The van der Waals surface area contributed by atoms with Crippen LogP contribution in [0.2, 0.25) is 5.02 Å². The second kappa shape index (κ2) is 8.37. The number of benzene rings is 2. The van der Waals surface area contributed by atoms with E-state index in [1.54, 1.807) is 49.4 Å². The summed E-state index contributed by atoms with van der Waals surface area (Å²) in [5, 5.41) is 13.9. The molecule has 10 heteroatoms. The molecule has 0 bridgehead atoms. The Bertz CT molecular complexity index is 1310. The number of carbonyl (C=O) groups is 2. The molecule has 1 aromatic heterocycles. The fourth-order valence-corrected chi connectivity index (χ4v) is 3.64. The third-order valence-electron chi connectivity index (χ3n) is 4.79. The number of carbonyl (C=O) groups excluding carboxylic acids is 2. The van der Waals surface area contributed by atoms with Gasteiger partial charge in [-0.1, -0.05) is 11.6 Å². The van der Waals surface area contributed by atoms with Gasteiger partial charge in [0.2, 0.25) is 0 Å². The van der Waals surface area contributed by atoms with E-state index in [2.05, 4.69) is 5.32 Å². The average molecular weight is 468 g/mol. The van der Waals surface area contributed by atoms with Crippen molar-refractivity contribution in [3.8, 4) is 11.3 Å². The first-order chi connectivity index (χ1) is 15.2. The summed E-state index contributed by atoms with van der Waals surface area (Å²) in [4.78, 5) is 37.1. The molecular formula is C22H14ClN3O5S. The van der Waals surface area contributed by atoms with E-state index in [0.29, 0.717) is 27.6 Å². The van der Waals surface area contributed by atoms with Crippen LogP contribution in [0.15, 0.2) is 64.6 Å². The molecule has 160 valence electrons.